The Morgan fingerprint density at radius 3 is 2.54 bits per heavy atom. The smallest absolute Gasteiger partial charge is 0.471 e. The summed E-state index contributed by atoms with van der Waals surface area (Å²) in [6.45, 7) is 4.51. The Morgan fingerprint density at radius 2 is 1.95 bits per heavy atom. The van der Waals surface area contributed by atoms with Crippen molar-refractivity contribution >= 4 is 45.8 Å². The normalized spacial score (nSPS) is 21.9. The highest BCUT2D eigenvalue weighted by molar-refractivity contribution is 6.40. The lowest BCUT2D eigenvalue weighted by Gasteiger charge is -2.52. The summed E-state index contributed by atoms with van der Waals surface area (Å²) in [6.07, 6.45) is -2.34. The first-order valence-electron chi connectivity index (χ1n) is 11.8. The minimum Gasteiger partial charge on any atom is -0.487 e. The van der Waals surface area contributed by atoms with Crippen LogP contribution in [0.2, 0.25) is 0 Å². The van der Waals surface area contributed by atoms with E-state index in [0.717, 1.165) is 4.90 Å². The molecule has 8 nitrogen and oxygen atoms in total. The second kappa shape index (κ2) is 11.6. The molecule has 1 aliphatic heterocycles. The van der Waals surface area contributed by atoms with Crippen LogP contribution in [0.4, 0.5) is 23.4 Å². The molecule has 210 valence electrons. The zero-order chi connectivity index (χ0) is 28.5. The van der Waals surface area contributed by atoms with Crippen molar-refractivity contribution in [3.05, 3.63) is 52.7 Å². The van der Waals surface area contributed by atoms with E-state index in [1.807, 2.05) is 0 Å². The number of nitrogens with one attached hydrogen (secondary N) is 1. The standard InChI is InChI=1S/C25H24Cl2F4N4O4/c1-3-16(21(28)20(27)12(2)26)34-23-15-7-19(18(38-5-4-36)8-17(15)32-11-33-23)39-22-13-6-14(22)10-35(9-13)24(37)25(29,30)31/h3,7-8,11,13-14,22,36H,1,4-6,9-10H2,2H3,(H,32,33,34)/b20-12-,21-16-/t13-,14+,22+. The van der Waals surface area contributed by atoms with Gasteiger partial charge in [-0.2, -0.15) is 13.2 Å². The van der Waals surface area contributed by atoms with Gasteiger partial charge in [-0.25, -0.2) is 14.4 Å². The van der Waals surface area contributed by atoms with Crippen LogP contribution < -0.4 is 14.8 Å². The molecule has 1 aromatic heterocycles. The summed E-state index contributed by atoms with van der Waals surface area (Å²) in [6, 6.07) is 3.10. The van der Waals surface area contributed by atoms with Gasteiger partial charge in [0.2, 0.25) is 0 Å². The summed E-state index contributed by atoms with van der Waals surface area (Å²) >= 11 is 11.8. The lowest BCUT2D eigenvalue weighted by Crippen LogP contribution is -2.63. The molecular formula is C25H24Cl2F4N4O4. The third kappa shape index (κ3) is 6.07. The summed E-state index contributed by atoms with van der Waals surface area (Å²) in [5, 5.41) is 12.2. The Hall–Kier alpha value is -3.09. The SMILES string of the molecule is C=C/C(Nc1ncnc2cc(OCCO)c(O[C@H]3[C@@H]4C[C@H]3CN(C(=O)C(F)(F)F)C4)cc12)=C(F)\C(Cl)=C(/C)Cl. The van der Waals surface area contributed by atoms with Crippen molar-refractivity contribution in [2.24, 2.45) is 11.8 Å². The van der Waals surface area contributed by atoms with Gasteiger partial charge in [0.25, 0.3) is 0 Å². The highest BCUT2D eigenvalue weighted by Crippen LogP contribution is 2.46. The van der Waals surface area contributed by atoms with Crippen LogP contribution in [0.3, 0.4) is 0 Å². The predicted molar refractivity (Wildman–Crippen MR) is 137 cm³/mol. The first kappa shape index (κ1) is 28.9. The molecule has 39 heavy (non-hydrogen) atoms. The van der Waals surface area contributed by atoms with Crippen LogP contribution in [0.5, 0.6) is 11.5 Å². The van der Waals surface area contributed by atoms with E-state index in [1.54, 1.807) is 12.1 Å². The molecule has 3 atom stereocenters. The number of allylic oxidation sites excluding steroid dienone is 4. The van der Waals surface area contributed by atoms with Crippen LogP contribution in [0.25, 0.3) is 10.9 Å². The number of hydrogen-bond acceptors (Lipinski definition) is 7. The number of carbonyl (C=O) groups is 1. The molecule has 2 heterocycles. The van der Waals surface area contributed by atoms with Gasteiger partial charge in [0.1, 0.15) is 24.9 Å². The number of hydrogen-bond donors (Lipinski definition) is 2. The Kier molecular flexibility index (Phi) is 8.57. The number of nitrogens with zero attached hydrogens (tertiary/aromatic N) is 3. The van der Waals surface area contributed by atoms with Crippen LogP contribution in [0.1, 0.15) is 13.3 Å². The van der Waals surface area contributed by atoms with Crippen molar-refractivity contribution in [2.45, 2.75) is 25.6 Å². The van der Waals surface area contributed by atoms with Crippen molar-refractivity contribution in [1.29, 1.82) is 0 Å². The molecule has 4 rings (SSSR count). The first-order valence-corrected chi connectivity index (χ1v) is 12.6. The summed E-state index contributed by atoms with van der Waals surface area (Å²) < 4.78 is 65.4. The lowest BCUT2D eigenvalue weighted by atomic mass is 9.68. The van der Waals surface area contributed by atoms with Crippen molar-refractivity contribution in [3.63, 3.8) is 0 Å². The van der Waals surface area contributed by atoms with Gasteiger partial charge < -0.3 is 24.8 Å². The van der Waals surface area contributed by atoms with E-state index in [-0.39, 0.29) is 71.2 Å². The highest BCUT2D eigenvalue weighted by atomic mass is 35.5. The Balaban J connectivity index is 1.66. The average molecular weight is 591 g/mol. The molecule has 1 saturated carbocycles. The number of halogens is 6. The number of fused-ring (bicyclic) bond motifs is 3. The Bertz CT molecular complexity index is 1340. The van der Waals surface area contributed by atoms with E-state index >= 15 is 0 Å². The quantitative estimate of drug-likeness (QED) is 0.303. The number of amides is 1. The van der Waals surface area contributed by atoms with E-state index in [2.05, 4.69) is 21.9 Å². The zero-order valence-electron chi connectivity index (χ0n) is 20.6. The zero-order valence-corrected chi connectivity index (χ0v) is 22.1. The van der Waals surface area contributed by atoms with Gasteiger partial charge in [-0.3, -0.25) is 4.79 Å². The van der Waals surface area contributed by atoms with Crippen molar-refractivity contribution in [1.82, 2.24) is 14.9 Å². The van der Waals surface area contributed by atoms with Gasteiger partial charge in [-0.1, -0.05) is 29.8 Å². The monoisotopic (exact) mass is 590 g/mol. The van der Waals surface area contributed by atoms with Crippen molar-refractivity contribution in [2.75, 3.05) is 31.6 Å². The molecule has 0 radical (unpaired) electrons. The maximum atomic E-state index is 14.9. The maximum Gasteiger partial charge on any atom is 0.471 e. The summed E-state index contributed by atoms with van der Waals surface area (Å²) in [7, 11) is 0. The second-order valence-electron chi connectivity index (χ2n) is 9.06. The average Bonchev–Trinajstić information content (AvgIpc) is 2.91. The minimum atomic E-state index is -4.94. The third-order valence-corrected chi connectivity index (χ3v) is 7.21. The molecule has 1 aliphatic carbocycles. The maximum absolute atomic E-state index is 14.9. The largest absolute Gasteiger partial charge is 0.487 e. The fourth-order valence-corrected chi connectivity index (χ4v) is 4.83. The van der Waals surface area contributed by atoms with E-state index in [0.29, 0.717) is 17.3 Å². The third-order valence-electron chi connectivity index (χ3n) is 6.48. The molecular weight excluding hydrogens is 567 g/mol. The van der Waals surface area contributed by atoms with Crippen molar-refractivity contribution in [3.8, 4) is 11.5 Å². The van der Waals surface area contributed by atoms with E-state index in [9.17, 15) is 27.5 Å². The number of piperidine rings is 2. The number of aromatic nitrogens is 2. The van der Waals surface area contributed by atoms with E-state index < -0.39 is 24.0 Å². The van der Waals surface area contributed by atoms with Gasteiger partial charge in [0.05, 0.1) is 22.9 Å². The molecule has 2 fully saturated rings. The van der Waals surface area contributed by atoms with Crippen LogP contribution in [0, 0.1) is 11.8 Å². The second-order valence-corrected chi connectivity index (χ2v) is 10.0. The fourth-order valence-electron chi connectivity index (χ4n) is 4.64. The van der Waals surface area contributed by atoms with Crippen LogP contribution in [-0.2, 0) is 4.79 Å². The van der Waals surface area contributed by atoms with Gasteiger partial charge in [-0.05, 0) is 25.5 Å². The van der Waals surface area contributed by atoms with Gasteiger partial charge in [0.15, 0.2) is 17.3 Å². The van der Waals surface area contributed by atoms with Gasteiger partial charge in [-0.15, -0.1) is 0 Å². The number of anilines is 1. The number of ether oxygens (including phenoxy) is 2. The van der Waals surface area contributed by atoms with E-state index in [4.69, 9.17) is 32.7 Å². The summed E-state index contributed by atoms with van der Waals surface area (Å²) in [5.74, 6) is -2.69. The fraction of sp³-hybridized carbons (Fsp3) is 0.400. The first-order chi connectivity index (χ1) is 18.4. The molecule has 0 unspecified atom stereocenters. The minimum absolute atomic E-state index is 0.0331. The molecule has 1 saturated heterocycles. The number of benzene rings is 1. The number of aliphatic hydroxyl groups excluding tert-OH is 1. The number of rotatable bonds is 9. The van der Waals surface area contributed by atoms with Gasteiger partial charge >= 0.3 is 12.1 Å². The topological polar surface area (TPSA) is 96.8 Å². The number of likely N-dealkylation sites (tertiary alicyclic amines) is 1. The number of aliphatic hydroxyl groups is 1. The molecule has 2 aromatic rings. The molecule has 2 N–H and O–H groups in total. The molecule has 2 bridgehead atoms. The Morgan fingerprint density at radius 1 is 1.26 bits per heavy atom. The Labute approximate surface area is 230 Å². The summed E-state index contributed by atoms with van der Waals surface area (Å²) in [5.41, 5.74) is 0.286. The van der Waals surface area contributed by atoms with Crippen LogP contribution in [-0.4, -0.2) is 64.5 Å². The van der Waals surface area contributed by atoms with Gasteiger partial charge in [0, 0.05) is 41.4 Å². The van der Waals surface area contributed by atoms with Crippen LogP contribution in [0.15, 0.2) is 52.7 Å². The molecule has 1 amide bonds. The summed E-state index contributed by atoms with van der Waals surface area (Å²) in [4.78, 5) is 20.9. The molecule has 0 spiro atoms. The lowest BCUT2D eigenvalue weighted by molar-refractivity contribution is -0.196. The number of alkyl halides is 3. The van der Waals surface area contributed by atoms with Crippen LogP contribution >= 0.6 is 23.2 Å². The number of carbonyl (C=O) groups excluding carboxylic acids is 1. The van der Waals surface area contributed by atoms with E-state index in [1.165, 1.54) is 19.3 Å². The predicted octanol–water partition coefficient (Wildman–Crippen LogP) is 5.28. The van der Waals surface area contributed by atoms with Crippen molar-refractivity contribution < 1.29 is 36.9 Å². The highest BCUT2D eigenvalue weighted by Gasteiger charge is 2.53. The molecule has 2 aliphatic rings. The molecule has 1 aromatic carbocycles. The molecule has 14 heteroatoms.